The van der Waals surface area contributed by atoms with Gasteiger partial charge in [-0.3, -0.25) is 9.69 Å². The van der Waals surface area contributed by atoms with Gasteiger partial charge in [0.2, 0.25) is 5.91 Å². The molecular weight excluding hydrogens is 312 g/mol. The summed E-state index contributed by atoms with van der Waals surface area (Å²) in [5.41, 5.74) is 1.81. The predicted molar refractivity (Wildman–Crippen MR) is 90.2 cm³/mol. The van der Waals surface area contributed by atoms with Crippen molar-refractivity contribution in [1.29, 1.82) is 5.26 Å². The zero-order valence-electron chi connectivity index (χ0n) is 13.8. The molecule has 23 heavy (non-hydrogen) atoms. The number of nitrogens with zero attached hydrogens (tertiary/aromatic N) is 2. The fourth-order valence-electron chi connectivity index (χ4n) is 2.86. The summed E-state index contributed by atoms with van der Waals surface area (Å²) >= 11 is 1.05. The van der Waals surface area contributed by atoms with Crippen LogP contribution >= 0.6 is 11.8 Å². The highest BCUT2D eigenvalue weighted by Crippen LogP contribution is 2.45. The molecule has 0 N–H and O–H groups in total. The molecule has 0 saturated carbocycles. The van der Waals surface area contributed by atoms with Gasteiger partial charge in [-0.05, 0) is 51.1 Å². The summed E-state index contributed by atoms with van der Waals surface area (Å²) in [7, 11) is 0. The van der Waals surface area contributed by atoms with Gasteiger partial charge >= 0.3 is 5.97 Å². The largest absolute Gasteiger partial charge is 0.464 e. The molecule has 1 amide bonds. The van der Waals surface area contributed by atoms with Crippen molar-refractivity contribution in [3.63, 3.8) is 0 Å². The number of thiocyanates is 1. The van der Waals surface area contributed by atoms with Gasteiger partial charge < -0.3 is 4.74 Å². The molecule has 0 bridgehead atoms. The van der Waals surface area contributed by atoms with Crippen LogP contribution in [0.5, 0.6) is 0 Å². The summed E-state index contributed by atoms with van der Waals surface area (Å²) < 4.78 is 5.06. The van der Waals surface area contributed by atoms with Crippen LogP contribution in [0.4, 0.5) is 5.69 Å². The van der Waals surface area contributed by atoms with Crippen LogP contribution in [0.25, 0.3) is 0 Å². The Morgan fingerprint density at radius 1 is 1.52 bits per heavy atom. The fourth-order valence-corrected chi connectivity index (χ4v) is 3.49. The van der Waals surface area contributed by atoms with Gasteiger partial charge in [-0.1, -0.05) is 17.7 Å². The Morgan fingerprint density at radius 2 is 2.22 bits per heavy atom. The van der Waals surface area contributed by atoms with E-state index < -0.39 is 17.4 Å². The van der Waals surface area contributed by atoms with Crippen LogP contribution in [0.3, 0.4) is 0 Å². The Bertz CT molecular complexity index is 683. The van der Waals surface area contributed by atoms with Gasteiger partial charge in [0.1, 0.15) is 11.4 Å². The van der Waals surface area contributed by atoms with Crippen molar-refractivity contribution in [2.45, 2.75) is 39.2 Å². The molecule has 1 aromatic carbocycles. The first kappa shape index (κ1) is 17.4. The lowest BCUT2D eigenvalue weighted by Crippen LogP contribution is -2.47. The van der Waals surface area contributed by atoms with Gasteiger partial charge in [0.05, 0.1) is 12.0 Å². The van der Waals surface area contributed by atoms with Gasteiger partial charge in [-0.2, -0.15) is 5.26 Å². The van der Waals surface area contributed by atoms with Crippen molar-refractivity contribution in [3.8, 4) is 5.40 Å². The van der Waals surface area contributed by atoms with E-state index in [-0.39, 0.29) is 12.5 Å². The SMILES string of the molecule is CCOC(=O)C(C)N1C(=O)C(C)(CSC#N)c2cc(C)ccc21. The average molecular weight is 332 g/mol. The third-order valence-corrected chi connectivity index (χ3v) is 4.99. The first-order valence-corrected chi connectivity index (χ1v) is 8.47. The van der Waals surface area contributed by atoms with Crippen molar-refractivity contribution in [2.75, 3.05) is 17.3 Å². The monoisotopic (exact) mass is 332 g/mol. The van der Waals surface area contributed by atoms with Crippen LogP contribution in [-0.4, -0.2) is 30.3 Å². The van der Waals surface area contributed by atoms with Crippen LogP contribution in [0.15, 0.2) is 18.2 Å². The normalized spacial score (nSPS) is 20.8. The molecule has 0 saturated heterocycles. The highest BCUT2D eigenvalue weighted by Gasteiger charge is 2.50. The van der Waals surface area contributed by atoms with E-state index in [0.29, 0.717) is 5.75 Å². The molecule has 1 heterocycles. The Hall–Kier alpha value is -2.00. The fraction of sp³-hybridized carbons (Fsp3) is 0.471. The minimum atomic E-state index is -0.817. The number of thioether (sulfide) groups is 1. The lowest BCUT2D eigenvalue weighted by molar-refractivity contribution is -0.145. The first-order chi connectivity index (χ1) is 10.9. The molecule has 2 atom stereocenters. The van der Waals surface area contributed by atoms with Crippen molar-refractivity contribution in [3.05, 3.63) is 29.3 Å². The van der Waals surface area contributed by atoms with Crippen LogP contribution in [-0.2, 0) is 19.7 Å². The molecule has 2 rings (SSSR count). The molecule has 0 radical (unpaired) electrons. The van der Waals surface area contributed by atoms with E-state index in [1.54, 1.807) is 13.8 Å². The van der Waals surface area contributed by atoms with E-state index >= 15 is 0 Å². The van der Waals surface area contributed by atoms with Gasteiger partial charge in [0.15, 0.2) is 0 Å². The molecule has 6 heteroatoms. The molecule has 0 fully saturated rings. The minimum Gasteiger partial charge on any atom is -0.464 e. The summed E-state index contributed by atoms with van der Waals surface area (Å²) in [5, 5.41) is 10.9. The van der Waals surface area contributed by atoms with E-state index in [0.717, 1.165) is 28.6 Å². The second-order valence-corrected chi connectivity index (χ2v) is 6.60. The number of rotatable bonds is 5. The zero-order chi connectivity index (χ0) is 17.2. The third-order valence-electron chi connectivity index (χ3n) is 4.14. The second kappa shape index (κ2) is 6.63. The van der Waals surface area contributed by atoms with Crippen molar-refractivity contribution < 1.29 is 14.3 Å². The number of ether oxygens (including phenoxy) is 1. The van der Waals surface area contributed by atoms with Gasteiger partial charge in [-0.25, -0.2) is 4.79 Å². The number of anilines is 1. The molecule has 5 nitrogen and oxygen atoms in total. The number of carbonyl (C=O) groups excluding carboxylic acids is 2. The summed E-state index contributed by atoms with van der Waals surface area (Å²) in [6.45, 7) is 7.47. The third kappa shape index (κ3) is 2.93. The molecule has 2 unspecified atom stereocenters. The minimum absolute atomic E-state index is 0.165. The number of benzene rings is 1. The first-order valence-electron chi connectivity index (χ1n) is 7.49. The number of fused-ring (bicyclic) bond motifs is 1. The highest BCUT2D eigenvalue weighted by atomic mass is 32.2. The molecule has 0 aromatic heterocycles. The smallest absolute Gasteiger partial charge is 0.328 e. The molecule has 0 aliphatic carbocycles. The quantitative estimate of drug-likeness (QED) is 0.612. The van der Waals surface area contributed by atoms with Crippen LogP contribution < -0.4 is 4.90 Å². The number of hydrogen-bond donors (Lipinski definition) is 0. The average Bonchev–Trinajstić information content (AvgIpc) is 2.74. The van der Waals surface area contributed by atoms with Gasteiger partial charge in [0.25, 0.3) is 0 Å². The molecular formula is C17H20N2O3S. The number of nitriles is 1. The second-order valence-electron chi connectivity index (χ2n) is 5.84. The standard InChI is InChI=1S/C17H20N2O3S/c1-5-22-15(20)12(3)19-14-7-6-11(2)8-13(14)17(4,16(19)21)9-23-10-18/h6-8,12H,5,9H2,1-4H3. The van der Waals surface area contributed by atoms with Crippen LogP contribution in [0.1, 0.15) is 31.9 Å². The van der Waals surface area contributed by atoms with Crippen molar-refractivity contribution >= 4 is 29.3 Å². The number of amides is 1. The lowest BCUT2D eigenvalue weighted by Gasteiger charge is -2.26. The van der Waals surface area contributed by atoms with Crippen molar-refractivity contribution in [1.82, 2.24) is 0 Å². The van der Waals surface area contributed by atoms with E-state index in [2.05, 4.69) is 0 Å². The van der Waals surface area contributed by atoms with Crippen LogP contribution in [0, 0.1) is 17.6 Å². The van der Waals surface area contributed by atoms with E-state index in [1.807, 2.05) is 37.4 Å². The molecule has 1 aliphatic rings. The van der Waals surface area contributed by atoms with Gasteiger partial charge in [0, 0.05) is 11.4 Å². The highest BCUT2D eigenvalue weighted by molar-refractivity contribution is 8.03. The molecule has 1 aromatic rings. The Labute approximate surface area is 140 Å². The maximum atomic E-state index is 13.0. The van der Waals surface area contributed by atoms with E-state index in [4.69, 9.17) is 10.00 Å². The number of hydrogen-bond acceptors (Lipinski definition) is 5. The number of carbonyl (C=O) groups is 2. The Balaban J connectivity index is 2.50. The van der Waals surface area contributed by atoms with Crippen molar-refractivity contribution in [2.24, 2.45) is 0 Å². The summed E-state index contributed by atoms with van der Waals surface area (Å²) in [4.78, 5) is 26.7. The predicted octanol–water partition coefficient (Wildman–Crippen LogP) is 2.77. The van der Waals surface area contributed by atoms with E-state index in [1.165, 1.54) is 4.90 Å². The zero-order valence-corrected chi connectivity index (χ0v) is 14.6. The molecule has 0 spiro atoms. The molecule has 122 valence electrons. The Morgan fingerprint density at radius 3 is 2.83 bits per heavy atom. The summed E-state index contributed by atoms with van der Waals surface area (Å²) in [5.74, 6) is -0.240. The topological polar surface area (TPSA) is 70.4 Å². The number of esters is 1. The maximum Gasteiger partial charge on any atom is 0.328 e. The lowest BCUT2D eigenvalue weighted by atomic mass is 9.85. The Kier molecular flexibility index (Phi) is 5.00. The van der Waals surface area contributed by atoms with E-state index in [9.17, 15) is 9.59 Å². The summed E-state index contributed by atoms with van der Waals surface area (Å²) in [6.07, 6.45) is 0. The van der Waals surface area contributed by atoms with Crippen LogP contribution in [0.2, 0.25) is 0 Å². The van der Waals surface area contributed by atoms with Gasteiger partial charge in [-0.15, -0.1) is 0 Å². The maximum absolute atomic E-state index is 13.0. The number of aryl methyl sites for hydroxylation is 1. The molecule has 1 aliphatic heterocycles. The summed E-state index contributed by atoms with van der Waals surface area (Å²) in [6, 6.07) is 5.04.